The lowest BCUT2D eigenvalue weighted by Gasteiger charge is -2.06. The number of nitrogen functional groups attached to an aromatic ring is 1. The smallest absolute Gasteiger partial charge is 0.226 e. The van der Waals surface area contributed by atoms with Crippen molar-refractivity contribution in [2.75, 3.05) is 12.3 Å². The summed E-state index contributed by atoms with van der Waals surface area (Å²) in [5, 5.41) is 0. The summed E-state index contributed by atoms with van der Waals surface area (Å²) in [4.78, 5) is 4.27. The number of ether oxygens (including phenoxy) is 1. The molecule has 1 aromatic carbocycles. The number of aromatic nitrogens is 1. The van der Waals surface area contributed by atoms with Crippen LogP contribution in [0, 0.1) is 0 Å². The molecule has 1 heterocycles. The molecule has 0 atom stereocenters. The van der Waals surface area contributed by atoms with Gasteiger partial charge in [0.25, 0.3) is 0 Å². The molecule has 0 radical (unpaired) electrons. The van der Waals surface area contributed by atoms with Gasteiger partial charge in [-0.2, -0.15) is 0 Å². The van der Waals surface area contributed by atoms with Crippen molar-refractivity contribution in [2.24, 2.45) is 0 Å². The Hall–Kier alpha value is -1.97. The standard InChI is InChI=1S/C14H18N2O2/c1-4-17-12-6-10(5-11(15)7-12)14-16-8-13(18-14)9(2)3/h5-9H,4,15H2,1-3H3. The Bertz CT molecular complexity index is 532. The number of nitrogens with zero attached hydrogens (tertiary/aromatic N) is 1. The average molecular weight is 246 g/mol. The molecule has 0 unspecified atom stereocenters. The van der Waals surface area contributed by atoms with Gasteiger partial charge in [0.1, 0.15) is 11.5 Å². The van der Waals surface area contributed by atoms with Crippen LogP contribution < -0.4 is 10.5 Å². The van der Waals surface area contributed by atoms with E-state index in [4.69, 9.17) is 14.9 Å². The van der Waals surface area contributed by atoms with Gasteiger partial charge in [-0.05, 0) is 19.1 Å². The molecule has 0 aliphatic rings. The third-order valence-corrected chi connectivity index (χ3v) is 2.58. The third kappa shape index (κ3) is 2.64. The van der Waals surface area contributed by atoms with E-state index in [9.17, 15) is 0 Å². The molecule has 0 spiro atoms. The van der Waals surface area contributed by atoms with Crippen molar-refractivity contribution in [2.45, 2.75) is 26.7 Å². The highest BCUT2D eigenvalue weighted by molar-refractivity contribution is 5.63. The second-order valence-corrected chi connectivity index (χ2v) is 4.45. The molecule has 1 aromatic heterocycles. The van der Waals surface area contributed by atoms with Crippen LogP contribution in [0.5, 0.6) is 5.75 Å². The summed E-state index contributed by atoms with van der Waals surface area (Å²) in [6, 6.07) is 5.51. The summed E-state index contributed by atoms with van der Waals surface area (Å²) in [6.07, 6.45) is 1.75. The van der Waals surface area contributed by atoms with Crippen LogP contribution in [-0.4, -0.2) is 11.6 Å². The fraction of sp³-hybridized carbons (Fsp3) is 0.357. The largest absolute Gasteiger partial charge is 0.494 e. The van der Waals surface area contributed by atoms with Gasteiger partial charge in [0.05, 0.1) is 12.8 Å². The summed E-state index contributed by atoms with van der Waals surface area (Å²) in [6.45, 7) is 6.67. The number of hydrogen-bond donors (Lipinski definition) is 1. The Labute approximate surface area is 107 Å². The first-order valence-corrected chi connectivity index (χ1v) is 6.09. The van der Waals surface area contributed by atoms with Gasteiger partial charge in [-0.25, -0.2) is 4.98 Å². The minimum atomic E-state index is 0.318. The molecule has 4 nitrogen and oxygen atoms in total. The van der Waals surface area contributed by atoms with E-state index in [1.54, 1.807) is 12.3 Å². The van der Waals surface area contributed by atoms with Crippen molar-refractivity contribution >= 4 is 5.69 Å². The van der Waals surface area contributed by atoms with E-state index in [0.717, 1.165) is 17.1 Å². The Kier molecular flexibility index (Phi) is 3.55. The first-order valence-electron chi connectivity index (χ1n) is 6.09. The second kappa shape index (κ2) is 5.12. The van der Waals surface area contributed by atoms with E-state index in [2.05, 4.69) is 18.8 Å². The van der Waals surface area contributed by atoms with Crippen molar-refractivity contribution in [3.63, 3.8) is 0 Å². The highest BCUT2D eigenvalue weighted by Crippen LogP contribution is 2.28. The number of rotatable bonds is 4. The predicted octanol–water partition coefficient (Wildman–Crippen LogP) is 3.45. The van der Waals surface area contributed by atoms with Crippen LogP contribution in [0.3, 0.4) is 0 Å². The number of oxazole rings is 1. The molecule has 0 saturated carbocycles. The van der Waals surface area contributed by atoms with E-state index in [-0.39, 0.29) is 0 Å². The minimum Gasteiger partial charge on any atom is -0.494 e. The zero-order valence-electron chi connectivity index (χ0n) is 10.9. The van der Waals surface area contributed by atoms with Crippen LogP contribution in [0.25, 0.3) is 11.5 Å². The van der Waals surface area contributed by atoms with Gasteiger partial charge in [-0.3, -0.25) is 0 Å². The van der Waals surface area contributed by atoms with Gasteiger partial charge >= 0.3 is 0 Å². The summed E-state index contributed by atoms with van der Waals surface area (Å²) in [5.74, 6) is 2.49. The average Bonchev–Trinajstić information content (AvgIpc) is 2.78. The molecular formula is C14H18N2O2. The van der Waals surface area contributed by atoms with Crippen molar-refractivity contribution in [3.8, 4) is 17.2 Å². The fourth-order valence-electron chi connectivity index (χ4n) is 1.68. The quantitative estimate of drug-likeness (QED) is 0.839. The molecule has 0 aliphatic carbocycles. The van der Waals surface area contributed by atoms with E-state index >= 15 is 0 Å². The van der Waals surface area contributed by atoms with Crippen LogP contribution in [0.15, 0.2) is 28.8 Å². The molecule has 0 saturated heterocycles. The molecular weight excluding hydrogens is 228 g/mol. The maximum atomic E-state index is 5.84. The van der Waals surface area contributed by atoms with Gasteiger partial charge in [0.15, 0.2) is 0 Å². The van der Waals surface area contributed by atoms with Crippen LogP contribution in [0.2, 0.25) is 0 Å². The van der Waals surface area contributed by atoms with E-state index in [1.807, 2.05) is 19.1 Å². The first-order chi connectivity index (χ1) is 8.60. The number of benzene rings is 1. The molecule has 4 heteroatoms. The molecule has 0 fully saturated rings. The lowest BCUT2D eigenvalue weighted by atomic mass is 10.2. The molecule has 0 amide bonds. The number of nitrogens with two attached hydrogens (primary N) is 1. The Balaban J connectivity index is 2.36. The zero-order chi connectivity index (χ0) is 13.1. The van der Waals surface area contributed by atoms with E-state index in [0.29, 0.717) is 24.1 Å². The lowest BCUT2D eigenvalue weighted by Crippen LogP contribution is -1.94. The second-order valence-electron chi connectivity index (χ2n) is 4.45. The van der Waals surface area contributed by atoms with Crippen LogP contribution in [-0.2, 0) is 0 Å². The normalized spacial score (nSPS) is 10.9. The van der Waals surface area contributed by atoms with Crippen LogP contribution >= 0.6 is 0 Å². The molecule has 2 aromatic rings. The van der Waals surface area contributed by atoms with Gasteiger partial charge in [0.2, 0.25) is 5.89 Å². The summed E-state index contributed by atoms with van der Waals surface area (Å²) in [7, 11) is 0. The molecule has 0 bridgehead atoms. The Morgan fingerprint density at radius 2 is 2.11 bits per heavy atom. The Morgan fingerprint density at radius 1 is 1.33 bits per heavy atom. The number of anilines is 1. The van der Waals surface area contributed by atoms with E-state index in [1.165, 1.54) is 0 Å². The maximum Gasteiger partial charge on any atom is 0.226 e. The van der Waals surface area contributed by atoms with Gasteiger partial charge < -0.3 is 14.9 Å². The third-order valence-electron chi connectivity index (χ3n) is 2.58. The maximum absolute atomic E-state index is 5.84. The summed E-state index contributed by atoms with van der Waals surface area (Å²) < 4.78 is 11.2. The molecule has 2 rings (SSSR count). The van der Waals surface area contributed by atoms with Crippen molar-refractivity contribution in [3.05, 3.63) is 30.2 Å². The summed E-state index contributed by atoms with van der Waals surface area (Å²) >= 11 is 0. The highest BCUT2D eigenvalue weighted by atomic mass is 16.5. The van der Waals surface area contributed by atoms with Crippen LogP contribution in [0.4, 0.5) is 5.69 Å². The zero-order valence-corrected chi connectivity index (χ0v) is 10.9. The van der Waals surface area contributed by atoms with Gasteiger partial charge in [0, 0.05) is 23.2 Å². The van der Waals surface area contributed by atoms with Crippen molar-refractivity contribution in [1.29, 1.82) is 0 Å². The highest BCUT2D eigenvalue weighted by Gasteiger charge is 2.11. The fourth-order valence-corrected chi connectivity index (χ4v) is 1.68. The SMILES string of the molecule is CCOc1cc(N)cc(-c2ncc(C(C)C)o2)c1. The van der Waals surface area contributed by atoms with Gasteiger partial charge in [-0.15, -0.1) is 0 Å². The first kappa shape index (κ1) is 12.5. The predicted molar refractivity (Wildman–Crippen MR) is 71.6 cm³/mol. The topological polar surface area (TPSA) is 61.3 Å². The van der Waals surface area contributed by atoms with Crippen molar-refractivity contribution < 1.29 is 9.15 Å². The lowest BCUT2D eigenvalue weighted by molar-refractivity contribution is 0.340. The van der Waals surface area contributed by atoms with Crippen LogP contribution in [0.1, 0.15) is 32.4 Å². The van der Waals surface area contributed by atoms with Gasteiger partial charge in [-0.1, -0.05) is 13.8 Å². The molecule has 0 aliphatic heterocycles. The summed E-state index contributed by atoms with van der Waals surface area (Å²) in [5.41, 5.74) is 7.32. The van der Waals surface area contributed by atoms with Crippen molar-refractivity contribution in [1.82, 2.24) is 4.98 Å². The van der Waals surface area contributed by atoms with E-state index < -0.39 is 0 Å². The molecule has 2 N–H and O–H groups in total. The number of hydrogen-bond acceptors (Lipinski definition) is 4. The molecule has 96 valence electrons. The Morgan fingerprint density at radius 3 is 2.72 bits per heavy atom. The monoisotopic (exact) mass is 246 g/mol. The minimum absolute atomic E-state index is 0.318. The molecule has 18 heavy (non-hydrogen) atoms.